The van der Waals surface area contributed by atoms with Crippen LogP contribution in [-0.2, 0) is 4.79 Å². The molecule has 1 atom stereocenters. The number of likely N-dealkylation sites (tertiary alicyclic amines) is 1. The molecule has 1 aliphatic heterocycles. The van der Waals surface area contributed by atoms with Gasteiger partial charge in [0.2, 0.25) is 5.91 Å². The fraction of sp³-hybridized carbons (Fsp3) is 0.333. The number of benzene rings is 2. The number of carbonyl (C=O) groups excluding carboxylic acids is 2. The predicted molar refractivity (Wildman–Crippen MR) is 110 cm³/mol. The van der Waals surface area contributed by atoms with Crippen molar-refractivity contribution in [3.8, 4) is 17.2 Å². The van der Waals surface area contributed by atoms with Gasteiger partial charge in [-0.05, 0) is 49.2 Å². The van der Waals surface area contributed by atoms with E-state index in [4.69, 9.17) is 14.2 Å². The van der Waals surface area contributed by atoms with Gasteiger partial charge < -0.3 is 29.7 Å². The van der Waals surface area contributed by atoms with Gasteiger partial charge in [0, 0.05) is 18.3 Å². The molecule has 0 aliphatic carbocycles. The number of urea groups is 1. The standard InChI is InChI=1S/C21H25N3O5/c1-27-15-8-6-14(7-9-15)22-21(26)24-12-4-5-18(24)20(25)23-17-11-10-16(28-2)13-19(17)29-3/h6-11,13,18H,4-5,12H2,1-3H3,(H,22,26)(H,23,25)/t18-/m1/s1. The molecule has 0 unspecified atom stereocenters. The zero-order valence-corrected chi connectivity index (χ0v) is 16.7. The Hall–Kier alpha value is -3.42. The third-order valence-electron chi connectivity index (χ3n) is 4.82. The molecule has 0 radical (unpaired) electrons. The van der Waals surface area contributed by atoms with Gasteiger partial charge in [-0.1, -0.05) is 0 Å². The minimum Gasteiger partial charge on any atom is -0.497 e. The SMILES string of the molecule is COc1ccc(NC(=O)N2CCC[C@@H]2C(=O)Nc2ccc(OC)cc2OC)cc1. The normalized spacial score (nSPS) is 15.6. The van der Waals surface area contributed by atoms with E-state index in [0.29, 0.717) is 41.6 Å². The van der Waals surface area contributed by atoms with Crippen LogP contribution in [0.25, 0.3) is 0 Å². The van der Waals surface area contributed by atoms with E-state index in [-0.39, 0.29) is 11.9 Å². The average molecular weight is 399 g/mol. The summed E-state index contributed by atoms with van der Waals surface area (Å²) in [5, 5.41) is 5.69. The number of nitrogens with one attached hydrogen (secondary N) is 2. The maximum absolute atomic E-state index is 12.9. The van der Waals surface area contributed by atoms with Gasteiger partial charge in [0.1, 0.15) is 23.3 Å². The van der Waals surface area contributed by atoms with Gasteiger partial charge in [-0.2, -0.15) is 0 Å². The van der Waals surface area contributed by atoms with Crippen LogP contribution in [0.5, 0.6) is 17.2 Å². The second-order valence-corrected chi connectivity index (χ2v) is 6.57. The van der Waals surface area contributed by atoms with Gasteiger partial charge in [0.15, 0.2) is 0 Å². The number of rotatable bonds is 6. The Bertz CT molecular complexity index is 869. The fourth-order valence-electron chi connectivity index (χ4n) is 3.27. The molecule has 1 fully saturated rings. The lowest BCUT2D eigenvalue weighted by Crippen LogP contribution is -2.45. The van der Waals surface area contributed by atoms with Crippen molar-refractivity contribution in [2.75, 3.05) is 38.5 Å². The van der Waals surface area contributed by atoms with Crippen LogP contribution in [0.3, 0.4) is 0 Å². The van der Waals surface area contributed by atoms with Gasteiger partial charge >= 0.3 is 6.03 Å². The van der Waals surface area contributed by atoms with Gasteiger partial charge in [-0.15, -0.1) is 0 Å². The Morgan fingerprint density at radius 1 is 0.931 bits per heavy atom. The smallest absolute Gasteiger partial charge is 0.322 e. The summed E-state index contributed by atoms with van der Waals surface area (Å²) in [6.45, 7) is 0.514. The van der Waals surface area contributed by atoms with E-state index in [1.165, 1.54) is 7.11 Å². The minimum atomic E-state index is -0.556. The first-order valence-corrected chi connectivity index (χ1v) is 9.30. The fourth-order valence-corrected chi connectivity index (χ4v) is 3.27. The van der Waals surface area contributed by atoms with Crippen molar-refractivity contribution in [1.29, 1.82) is 0 Å². The molecule has 154 valence electrons. The van der Waals surface area contributed by atoms with Crippen LogP contribution in [0.15, 0.2) is 42.5 Å². The molecule has 0 spiro atoms. The lowest BCUT2D eigenvalue weighted by atomic mass is 10.2. The van der Waals surface area contributed by atoms with Crippen LogP contribution in [0, 0.1) is 0 Å². The number of amides is 3. The van der Waals surface area contributed by atoms with Crippen LogP contribution in [-0.4, -0.2) is 50.8 Å². The Kier molecular flexibility index (Phi) is 6.43. The average Bonchev–Trinajstić information content (AvgIpc) is 3.25. The maximum atomic E-state index is 12.9. The first-order valence-electron chi connectivity index (χ1n) is 9.30. The van der Waals surface area contributed by atoms with Crippen LogP contribution in [0.4, 0.5) is 16.2 Å². The highest BCUT2D eigenvalue weighted by atomic mass is 16.5. The first-order chi connectivity index (χ1) is 14.0. The number of ether oxygens (including phenoxy) is 3. The summed E-state index contributed by atoms with van der Waals surface area (Å²) in [4.78, 5) is 27.1. The number of carbonyl (C=O) groups is 2. The molecular weight excluding hydrogens is 374 g/mol. The summed E-state index contributed by atoms with van der Waals surface area (Å²) < 4.78 is 15.6. The van der Waals surface area contributed by atoms with Crippen LogP contribution in [0.1, 0.15) is 12.8 Å². The maximum Gasteiger partial charge on any atom is 0.322 e. The Balaban J connectivity index is 1.67. The molecule has 0 saturated carbocycles. The molecule has 8 heteroatoms. The number of hydrogen-bond donors (Lipinski definition) is 2. The van der Waals surface area contributed by atoms with Crippen LogP contribution < -0.4 is 24.8 Å². The Morgan fingerprint density at radius 3 is 2.28 bits per heavy atom. The van der Waals surface area contributed by atoms with Gasteiger partial charge in [-0.25, -0.2) is 4.79 Å². The van der Waals surface area contributed by atoms with Crippen molar-refractivity contribution < 1.29 is 23.8 Å². The molecule has 0 bridgehead atoms. The molecule has 1 aliphatic rings. The van der Waals surface area contributed by atoms with Crippen LogP contribution in [0.2, 0.25) is 0 Å². The van der Waals surface area contributed by atoms with E-state index in [0.717, 1.165) is 6.42 Å². The third-order valence-corrected chi connectivity index (χ3v) is 4.82. The summed E-state index contributed by atoms with van der Waals surface area (Å²) in [6, 6.07) is 11.3. The molecule has 29 heavy (non-hydrogen) atoms. The molecule has 0 aromatic heterocycles. The molecule has 2 aromatic carbocycles. The van der Waals surface area contributed by atoms with E-state index >= 15 is 0 Å². The molecule has 2 aromatic rings. The van der Waals surface area contributed by atoms with Gasteiger partial charge in [-0.3, -0.25) is 4.79 Å². The number of nitrogens with zero attached hydrogens (tertiary/aromatic N) is 1. The van der Waals surface area contributed by atoms with Crippen molar-refractivity contribution in [1.82, 2.24) is 4.90 Å². The molecule has 2 N–H and O–H groups in total. The second-order valence-electron chi connectivity index (χ2n) is 6.57. The summed E-state index contributed by atoms with van der Waals surface area (Å²) in [5.74, 6) is 1.57. The molecule has 8 nitrogen and oxygen atoms in total. The van der Waals surface area contributed by atoms with E-state index < -0.39 is 6.04 Å². The van der Waals surface area contributed by atoms with E-state index in [1.807, 2.05) is 0 Å². The number of hydrogen-bond acceptors (Lipinski definition) is 5. The molecule has 3 rings (SSSR count). The number of methoxy groups -OCH3 is 3. The summed E-state index contributed by atoms with van der Waals surface area (Å²) in [7, 11) is 4.66. The van der Waals surface area contributed by atoms with Crippen molar-refractivity contribution >= 4 is 23.3 Å². The lowest BCUT2D eigenvalue weighted by Gasteiger charge is -2.24. The summed E-state index contributed by atoms with van der Waals surface area (Å²) in [6.07, 6.45) is 1.36. The van der Waals surface area contributed by atoms with E-state index in [9.17, 15) is 9.59 Å². The summed E-state index contributed by atoms with van der Waals surface area (Å²) in [5.41, 5.74) is 1.17. The highest BCUT2D eigenvalue weighted by molar-refractivity contribution is 6.00. The largest absolute Gasteiger partial charge is 0.497 e. The Morgan fingerprint density at radius 2 is 1.62 bits per heavy atom. The van der Waals surface area contributed by atoms with Crippen molar-refractivity contribution in [3.05, 3.63) is 42.5 Å². The highest BCUT2D eigenvalue weighted by Crippen LogP contribution is 2.30. The van der Waals surface area contributed by atoms with E-state index in [2.05, 4.69) is 10.6 Å². The molecule has 3 amide bonds. The topological polar surface area (TPSA) is 89.1 Å². The monoisotopic (exact) mass is 399 g/mol. The zero-order valence-electron chi connectivity index (χ0n) is 16.7. The molecule has 1 heterocycles. The predicted octanol–water partition coefficient (Wildman–Crippen LogP) is 3.35. The molecular formula is C21H25N3O5. The third kappa shape index (κ3) is 4.71. The second kappa shape index (κ2) is 9.18. The minimum absolute atomic E-state index is 0.254. The van der Waals surface area contributed by atoms with Crippen LogP contribution >= 0.6 is 0 Å². The van der Waals surface area contributed by atoms with Gasteiger partial charge in [0.05, 0.1) is 27.0 Å². The van der Waals surface area contributed by atoms with Crippen molar-refractivity contribution in [2.24, 2.45) is 0 Å². The van der Waals surface area contributed by atoms with E-state index in [1.54, 1.807) is 61.6 Å². The number of anilines is 2. The van der Waals surface area contributed by atoms with Crippen molar-refractivity contribution in [3.63, 3.8) is 0 Å². The Labute approximate surface area is 169 Å². The highest BCUT2D eigenvalue weighted by Gasteiger charge is 2.34. The zero-order chi connectivity index (χ0) is 20.8. The van der Waals surface area contributed by atoms with Gasteiger partial charge in [0.25, 0.3) is 0 Å². The van der Waals surface area contributed by atoms with Crippen molar-refractivity contribution in [2.45, 2.75) is 18.9 Å². The summed E-state index contributed by atoms with van der Waals surface area (Å²) >= 11 is 0. The quantitative estimate of drug-likeness (QED) is 0.778. The lowest BCUT2D eigenvalue weighted by molar-refractivity contribution is -0.119. The first kappa shape index (κ1) is 20.3. The molecule has 1 saturated heterocycles.